The van der Waals surface area contributed by atoms with Gasteiger partial charge in [0.05, 0.1) is 18.6 Å². The highest BCUT2D eigenvalue weighted by Gasteiger charge is 2.24. The van der Waals surface area contributed by atoms with Gasteiger partial charge in [0.2, 0.25) is 11.7 Å². The fourth-order valence-corrected chi connectivity index (χ4v) is 2.91. The number of ether oxygens (including phenoxy) is 1. The van der Waals surface area contributed by atoms with E-state index < -0.39 is 4.92 Å². The van der Waals surface area contributed by atoms with Gasteiger partial charge in [0.25, 0.3) is 0 Å². The van der Waals surface area contributed by atoms with Gasteiger partial charge in [-0.25, -0.2) is 4.98 Å². The third kappa shape index (κ3) is 3.40. The van der Waals surface area contributed by atoms with Crippen molar-refractivity contribution in [3.8, 4) is 5.88 Å². The topological polar surface area (TPSA) is 81.4 Å². The summed E-state index contributed by atoms with van der Waals surface area (Å²) < 4.78 is 5.52. The van der Waals surface area contributed by atoms with Crippen LogP contribution in [0.25, 0.3) is 0 Å². The Morgan fingerprint density at radius 3 is 2.81 bits per heavy atom. The first-order chi connectivity index (χ1) is 9.92. The van der Waals surface area contributed by atoms with E-state index in [0.717, 1.165) is 4.88 Å². The maximum absolute atomic E-state index is 11.3. The van der Waals surface area contributed by atoms with Crippen LogP contribution in [0.2, 0.25) is 4.47 Å². The van der Waals surface area contributed by atoms with Gasteiger partial charge in [-0.3, -0.25) is 10.1 Å². The predicted molar refractivity (Wildman–Crippen MR) is 81.4 cm³/mol. The Labute approximate surface area is 130 Å². The van der Waals surface area contributed by atoms with E-state index in [9.17, 15) is 10.1 Å². The summed E-state index contributed by atoms with van der Waals surface area (Å²) in [5.41, 5.74) is 0.463. The number of methoxy groups -OCH3 is 1. The van der Waals surface area contributed by atoms with Gasteiger partial charge >= 0.3 is 5.69 Å². The second-order valence-corrected chi connectivity index (χ2v) is 6.04. The fourth-order valence-electron chi connectivity index (χ4n) is 1.88. The van der Waals surface area contributed by atoms with E-state index in [0.29, 0.717) is 22.5 Å². The molecule has 0 aliphatic heterocycles. The van der Waals surface area contributed by atoms with Gasteiger partial charge in [0.15, 0.2) is 4.47 Å². The molecule has 0 aliphatic rings. The Morgan fingerprint density at radius 1 is 1.57 bits per heavy atom. The maximum atomic E-state index is 11.3. The van der Waals surface area contributed by atoms with E-state index in [4.69, 9.17) is 16.3 Å². The second-order valence-electron chi connectivity index (χ2n) is 4.35. The normalized spacial score (nSPS) is 10.5. The first-order valence-electron chi connectivity index (χ1n) is 5.93. The van der Waals surface area contributed by atoms with Gasteiger partial charge in [0.1, 0.15) is 0 Å². The van der Waals surface area contributed by atoms with Crippen molar-refractivity contribution in [3.05, 3.63) is 37.3 Å². The van der Waals surface area contributed by atoms with Crippen LogP contribution in [0.3, 0.4) is 0 Å². The number of anilines is 1. The lowest BCUT2D eigenvalue weighted by molar-refractivity contribution is -0.384. The van der Waals surface area contributed by atoms with Gasteiger partial charge < -0.3 is 9.64 Å². The zero-order chi connectivity index (χ0) is 15.6. The molecule has 0 bridgehead atoms. The summed E-state index contributed by atoms with van der Waals surface area (Å²) in [6, 6.07) is 1.54. The lowest BCUT2D eigenvalue weighted by Crippen LogP contribution is -2.19. The van der Waals surface area contributed by atoms with Crippen LogP contribution in [0.5, 0.6) is 5.88 Å². The minimum Gasteiger partial charge on any atom is -0.481 e. The van der Waals surface area contributed by atoms with Gasteiger partial charge in [-0.2, -0.15) is 4.98 Å². The number of rotatable bonds is 5. The van der Waals surface area contributed by atoms with Crippen molar-refractivity contribution in [1.29, 1.82) is 0 Å². The Bertz CT molecular complexity index is 677. The molecule has 112 valence electrons. The van der Waals surface area contributed by atoms with Crippen LogP contribution < -0.4 is 9.64 Å². The largest absolute Gasteiger partial charge is 0.481 e. The Morgan fingerprint density at radius 2 is 2.29 bits per heavy atom. The average molecular weight is 329 g/mol. The summed E-state index contributed by atoms with van der Waals surface area (Å²) in [5.74, 6) is 0.587. The van der Waals surface area contributed by atoms with E-state index in [-0.39, 0.29) is 11.5 Å². The zero-order valence-corrected chi connectivity index (χ0v) is 13.2. The lowest BCUT2D eigenvalue weighted by atomic mass is 10.2. The molecule has 0 saturated heterocycles. The molecule has 0 aromatic carbocycles. The molecule has 2 heterocycles. The maximum Gasteiger partial charge on any atom is 0.314 e. The Balaban J connectivity index is 2.40. The third-order valence-electron chi connectivity index (χ3n) is 2.81. The van der Waals surface area contributed by atoms with Crippen LogP contribution in [-0.4, -0.2) is 29.0 Å². The van der Waals surface area contributed by atoms with E-state index in [2.05, 4.69) is 9.97 Å². The third-order valence-corrected chi connectivity index (χ3v) is 3.91. The van der Waals surface area contributed by atoms with Gasteiger partial charge in [-0.05, 0) is 6.92 Å². The van der Waals surface area contributed by atoms with Crippen LogP contribution >= 0.6 is 22.9 Å². The zero-order valence-electron chi connectivity index (χ0n) is 11.7. The number of aryl methyl sites for hydroxylation is 1. The number of halogens is 1. The molecule has 0 radical (unpaired) electrons. The summed E-state index contributed by atoms with van der Waals surface area (Å²) in [7, 11) is 3.20. The Kier molecular flexibility index (Phi) is 4.59. The van der Waals surface area contributed by atoms with Crippen LogP contribution in [0.1, 0.15) is 10.4 Å². The van der Waals surface area contributed by atoms with Crippen molar-refractivity contribution in [2.45, 2.75) is 13.5 Å². The molecule has 21 heavy (non-hydrogen) atoms. The van der Waals surface area contributed by atoms with E-state index >= 15 is 0 Å². The number of nitrogens with zero attached hydrogens (tertiary/aromatic N) is 4. The van der Waals surface area contributed by atoms with Crippen molar-refractivity contribution in [1.82, 2.24) is 9.97 Å². The first-order valence-corrected chi connectivity index (χ1v) is 7.13. The molecule has 0 spiro atoms. The molecule has 0 unspecified atom stereocenters. The molecule has 0 fully saturated rings. The summed E-state index contributed by atoms with van der Waals surface area (Å²) in [4.78, 5) is 21.5. The number of hydrogen-bond donors (Lipinski definition) is 0. The lowest BCUT2D eigenvalue weighted by Gasteiger charge is -2.18. The molecule has 0 atom stereocenters. The van der Waals surface area contributed by atoms with Crippen LogP contribution in [0, 0.1) is 17.0 Å². The molecule has 7 nitrogen and oxygen atoms in total. The van der Waals surface area contributed by atoms with Crippen molar-refractivity contribution in [2.75, 3.05) is 19.1 Å². The van der Waals surface area contributed by atoms with E-state index in [1.807, 2.05) is 0 Å². The van der Waals surface area contributed by atoms with Crippen molar-refractivity contribution < 1.29 is 9.66 Å². The number of aromatic nitrogens is 2. The molecule has 0 aliphatic carbocycles. The highest BCUT2D eigenvalue weighted by molar-refractivity contribution is 7.15. The minimum absolute atomic E-state index is 0.0334. The molecule has 2 aromatic heterocycles. The first kappa shape index (κ1) is 15.5. The summed E-state index contributed by atoms with van der Waals surface area (Å²) in [5, 5.41) is 11.3. The quantitative estimate of drug-likeness (QED) is 0.619. The molecule has 2 aromatic rings. The molecule has 9 heteroatoms. The van der Waals surface area contributed by atoms with Gasteiger partial charge in [0, 0.05) is 29.8 Å². The van der Waals surface area contributed by atoms with Crippen molar-refractivity contribution in [3.63, 3.8) is 0 Å². The summed E-state index contributed by atoms with van der Waals surface area (Å²) >= 11 is 7.11. The number of hydrogen-bond acceptors (Lipinski definition) is 7. The van der Waals surface area contributed by atoms with Crippen LogP contribution in [0.15, 0.2) is 12.3 Å². The Hall–Kier alpha value is -1.93. The van der Waals surface area contributed by atoms with Gasteiger partial charge in [-0.15, -0.1) is 11.3 Å². The molecule has 0 saturated carbocycles. The van der Waals surface area contributed by atoms with E-state index in [1.54, 1.807) is 31.1 Å². The van der Waals surface area contributed by atoms with E-state index in [1.165, 1.54) is 18.4 Å². The highest BCUT2D eigenvalue weighted by atomic mass is 35.5. The monoisotopic (exact) mass is 328 g/mol. The van der Waals surface area contributed by atoms with Crippen LogP contribution in [0.4, 0.5) is 11.5 Å². The molecule has 2 rings (SSSR count). The number of thiazole rings is 1. The smallest absolute Gasteiger partial charge is 0.314 e. The molecule has 0 N–H and O–H groups in total. The minimum atomic E-state index is -0.437. The molecule has 0 amide bonds. The van der Waals surface area contributed by atoms with Gasteiger partial charge in [-0.1, -0.05) is 11.6 Å². The second kappa shape index (κ2) is 6.23. The highest BCUT2D eigenvalue weighted by Crippen LogP contribution is 2.33. The number of nitro groups is 1. The summed E-state index contributed by atoms with van der Waals surface area (Å²) in [6.07, 6.45) is 1.64. The average Bonchev–Trinajstić information content (AvgIpc) is 2.82. The van der Waals surface area contributed by atoms with Crippen molar-refractivity contribution in [2.24, 2.45) is 0 Å². The standard InChI is InChI=1S/C12H13ClN4O3S/c1-7-4-9(20-3)15-11(10(7)17(18)19)16(2)6-8-5-14-12(13)21-8/h4-5H,6H2,1-3H3. The number of pyridine rings is 1. The fraction of sp³-hybridized carbons (Fsp3) is 0.333. The molecular formula is C12H13ClN4O3S. The summed E-state index contributed by atoms with van der Waals surface area (Å²) in [6.45, 7) is 2.08. The van der Waals surface area contributed by atoms with Crippen LogP contribution in [-0.2, 0) is 6.54 Å². The van der Waals surface area contributed by atoms with Crippen molar-refractivity contribution >= 4 is 34.4 Å². The molecular weight excluding hydrogens is 316 g/mol. The predicted octanol–water partition coefficient (Wildman–Crippen LogP) is 3.05. The SMILES string of the molecule is COc1cc(C)c([N+](=O)[O-])c(N(C)Cc2cnc(Cl)s2)n1.